The summed E-state index contributed by atoms with van der Waals surface area (Å²) in [6.45, 7) is 13.0. The summed E-state index contributed by atoms with van der Waals surface area (Å²) in [5.41, 5.74) is -0.540. The van der Waals surface area contributed by atoms with Crippen molar-refractivity contribution < 1.29 is 18.6 Å². The molecule has 0 atom stereocenters. The molecule has 1 N–H and O–H groups in total. The molecule has 0 fully saturated rings. The highest BCUT2D eigenvalue weighted by molar-refractivity contribution is 8.14. The summed E-state index contributed by atoms with van der Waals surface area (Å²) in [6.07, 6.45) is 3.75. The van der Waals surface area contributed by atoms with Gasteiger partial charge in [0.15, 0.2) is 10.2 Å². The molecule has 0 amide bonds. The predicted molar refractivity (Wildman–Crippen MR) is 120 cm³/mol. The monoisotopic (exact) mass is 439 g/mol. The fraction of sp³-hybridized carbons (Fsp3) is 0.895. The lowest BCUT2D eigenvalue weighted by Crippen LogP contribution is -2.16. The van der Waals surface area contributed by atoms with Crippen LogP contribution in [0.2, 0.25) is 0 Å². The molecule has 0 aliphatic heterocycles. The Bertz CT molecular complexity index is 398. The van der Waals surface area contributed by atoms with Crippen LogP contribution < -0.4 is 5.09 Å². The van der Waals surface area contributed by atoms with Crippen molar-refractivity contribution in [2.45, 2.75) is 67.2 Å². The van der Waals surface area contributed by atoms with E-state index in [4.69, 9.17) is 9.05 Å². The third-order valence-electron chi connectivity index (χ3n) is 3.37. The van der Waals surface area contributed by atoms with Gasteiger partial charge in [-0.25, -0.2) is 0 Å². The molecule has 5 nitrogen and oxygen atoms in total. The van der Waals surface area contributed by atoms with E-state index in [1.807, 2.05) is 48.6 Å². The lowest BCUT2D eigenvalue weighted by molar-refractivity contribution is -0.118. The Labute approximate surface area is 175 Å². The van der Waals surface area contributed by atoms with Gasteiger partial charge >= 0.3 is 0 Å². The third kappa shape index (κ3) is 14.9. The van der Waals surface area contributed by atoms with Crippen molar-refractivity contribution in [3.05, 3.63) is 0 Å². The van der Waals surface area contributed by atoms with E-state index in [2.05, 4.69) is 5.09 Å². The largest absolute Gasteiger partial charge is 0.322 e. The Morgan fingerprint density at radius 3 is 1.44 bits per heavy atom. The molecule has 0 heterocycles. The highest BCUT2D eigenvalue weighted by atomic mass is 32.2. The standard InChI is InChI=1S/C19H38NO4PS2/c1-18(2,3)16(21)26-14-10-8-12-23-25(20-7)24-13-9-11-15-27-17(22)19(4,5)6/h20H,8-15H2,1-7H3. The summed E-state index contributed by atoms with van der Waals surface area (Å²) >= 11 is 2.82. The number of thioether (sulfide) groups is 2. The van der Waals surface area contributed by atoms with Crippen LogP contribution in [0.4, 0.5) is 0 Å². The van der Waals surface area contributed by atoms with E-state index < -0.39 is 8.53 Å². The first-order chi connectivity index (χ1) is 12.5. The van der Waals surface area contributed by atoms with E-state index in [1.54, 1.807) is 0 Å². The zero-order valence-corrected chi connectivity index (χ0v) is 20.6. The van der Waals surface area contributed by atoms with Gasteiger partial charge in [0.25, 0.3) is 8.53 Å². The molecule has 0 radical (unpaired) electrons. The number of carbonyl (C=O) groups is 2. The second-order valence-electron chi connectivity index (χ2n) is 8.33. The summed E-state index contributed by atoms with van der Waals surface area (Å²) in [4.78, 5) is 23.6. The van der Waals surface area contributed by atoms with Gasteiger partial charge in [0.1, 0.15) is 0 Å². The average molecular weight is 440 g/mol. The van der Waals surface area contributed by atoms with Crippen molar-refractivity contribution >= 4 is 42.3 Å². The molecule has 0 aliphatic rings. The van der Waals surface area contributed by atoms with Crippen LogP contribution in [0, 0.1) is 10.8 Å². The molecule has 0 saturated carbocycles. The van der Waals surface area contributed by atoms with Crippen LogP contribution in [-0.2, 0) is 18.6 Å². The van der Waals surface area contributed by atoms with E-state index in [0.29, 0.717) is 13.2 Å². The quantitative estimate of drug-likeness (QED) is 0.294. The fourth-order valence-electron chi connectivity index (χ4n) is 1.63. The minimum atomic E-state index is -1.06. The summed E-state index contributed by atoms with van der Waals surface area (Å²) < 4.78 is 11.5. The second kappa shape index (κ2) is 14.4. The van der Waals surface area contributed by atoms with Gasteiger partial charge in [-0.1, -0.05) is 65.1 Å². The van der Waals surface area contributed by atoms with E-state index >= 15 is 0 Å². The van der Waals surface area contributed by atoms with Crippen LogP contribution in [0.15, 0.2) is 0 Å². The molecule has 0 aromatic carbocycles. The molecule has 0 saturated heterocycles. The van der Waals surface area contributed by atoms with E-state index in [-0.39, 0.29) is 21.1 Å². The van der Waals surface area contributed by atoms with Crippen molar-refractivity contribution in [1.82, 2.24) is 5.09 Å². The minimum Gasteiger partial charge on any atom is -0.322 e. The predicted octanol–water partition coefficient (Wildman–Crippen LogP) is 5.64. The number of hydrogen-bond acceptors (Lipinski definition) is 7. The zero-order valence-electron chi connectivity index (χ0n) is 18.1. The molecule has 27 heavy (non-hydrogen) atoms. The normalized spacial score (nSPS) is 12.6. The highest BCUT2D eigenvalue weighted by Gasteiger charge is 2.21. The topological polar surface area (TPSA) is 64.6 Å². The minimum absolute atomic E-state index is 0.242. The number of hydrogen-bond donors (Lipinski definition) is 1. The van der Waals surface area contributed by atoms with Crippen LogP contribution in [0.5, 0.6) is 0 Å². The van der Waals surface area contributed by atoms with Gasteiger partial charge in [0.05, 0.1) is 13.2 Å². The summed E-state index contributed by atoms with van der Waals surface area (Å²) in [5, 5.41) is 3.55. The molecule has 0 bridgehead atoms. The Morgan fingerprint density at radius 1 is 0.778 bits per heavy atom. The fourth-order valence-corrected chi connectivity index (χ4v) is 4.49. The Hall–Kier alpha value is 0.350. The molecule has 0 unspecified atom stereocenters. The van der Waals surface area contributed by atoms with Gasteiger partial charge in [-0.15, -0.1) is 0 Å². The second-order valence-corrected chi connectivity index (χ2v) is 11.9. The first kappa shape index (κ1) is 27.4. The van der Waals surface area contributed by atoms with Crippen LogP contribution in [0.3, 0.4) is 0 Å². The van der Waals surface area contributed by atoms with Crippen LogP contribution in [-0.4, -0.2) is 42.0 Å². The van der Waals surface area contributed by atoms with Crippen molar-refractivity contribution in [2.75, 3.05) is 31.8 Å². The highest BCUT2D eigenvalue weighted by Crippen LogP contribution is 2.33. The number of nitrogens with one attached hydrogen (secondary N) is 1. The Morgan fingerprint density at radius 2 is 1.15 bits per heavy atom. The van der Waals surface area contributed by atoms with Crippen molar-refractivity contribution in [1.29, 1.82) is 0 Å². The number of carbonyl (C=O) groups excluding carboxylic acids is 2. The summed E-state index contributed by atoms with van der Waals surface area (Å²) in [6, 6.07) is 0. The summed E-state index contributed by atoms with van der Waals surface area (Å²) in [7, 11) is 0.775. The van der Waals surface area contributed by atoms with Gasteiger partial charge in [-0.2, -0.15) is 0 Å². The maximum atomic E-state index is 11.8. The lowest BCUT2D eigenvalue weighted by Gasteiger charge is -2.17. The molecular weight excluding hydrogens is 401 g/mol. The Balaban J connectivity index is 3.65. The van der Waals surface area contributed by atoms with Gasteiger partial charge < -0.3 is 9.05 Å². The molecule has 0 aromatic rings. The van der Waals surface area contributed by atoms with Crippen LogP contribution >= 0.6 is 32.0 Å². The molecule has 0 aliphatic carbocycles. The molecule has 0 aromatic heterocycles. The summed E-state index contributed by atoms with van der Waals surface area (Å²) in [5.74, 6) is 1.67. The average Bonchev–Trinajstić information content (AvgIpc) is 2.56. The van der Waals surface area contributed by atoms with Gasteiger partial charge in [0.2, 0.25) is 0 Å². The van der Waals surface area contributed by atoms with Gasteiger partial charge in [-0.05, 0) is 32.7 Å². The maximum Gasteiger partial charge on any atom is 0.255 e. The van der Waals surface area contributed by atoms with Crippen LogP contribution in [0.1, 0.15) is 67.2 Å². The smallest absolute Gasteiger partial charge is 0.255 e. The molecule has 160 valence electrons. The van der Waals surface area contributed by atoms with E-state index in [1.165, 1.54) is 23.5 Å². The van der Waals surface area contributed by atoms with Crippen molar-refractivity contribution in [3.8, 4) is 0 Å². The third-order valence-corrected chi connectivity index (χ3v) is 7.30. The first-order valence-electron chi connectivity index (χ1n) is 9.56. The zero-order chi connectivity index (χ0) is 20.9. The van der Waals surface area contributed by atoms with E-state index in [0.717, 1.165) is 37.2 Å². The molecule has 0 rings (SSSR count). The molecule has 0 spiro atoms. The molecule has 8 heteroatoms. The first-order valence-corrected chi connectivity index (χ1v) is 12.7. The van der Waals surface area contributed by atoms with Gasteiger partial charge in [-0.3, -0.25) is 14.7 Å². The van der Waals surface area contributed by atoms with Gasteiger partial charge in [0, 0.05) is 22.3 Å². The maximum absolute atomic E-state index is 11.8. The number of unbranched alkanes of at least 4 members (excludes halogenated alkanes) is 2. The lowest BCUT2D eigenvalue weighted by atomic mass is 9.99. The molecular formula is C19H38NO4PS2. The SMILES string of the molecule is CNP(OCCCCSC(=O)C(C)(C)C)OCCCCSC(=O)C(C)(C)C. The number of rotatable bonds is 13. The Kier molecular flexibility index (Phi) is 14.5. The van der Waals surface area contributed by atoms with E-state index in [9.17, 15) is 9.59 Å². The van der Waals surface area contributed by atoms with Crippen molar-refractivity contribution in [3.63, 3.8) is 0 Å². The van der Waals surface area contributed by atoms with Crippen molar-refractivity contribution in [2.24, 2.45) is 10.8 Å². The van der Waals surface area contributed by atoms with Crippen LogP contribution in [0.25, 0.3) is 0 Å².